The molecule has 1 aliphatic rings. The highest BCUT2D eigenvalue weighted by Crippen LogP contribution is 2.34. The molecule has 0 amide bonds. The quantitative estimate of drug-likeness (QED) is 0.370. The minimum Gasteiger partial charge on any atom is -0.481 e. The Bertz CT molecular complexity index is 1200. The SMILES string of the molecule is C=C(N/C=C\C)/C(C)=C1\CCC(c2c(F)ccc(NCc3cc(C#N)cnc3OC)c2F)CN1.C=O.C=O.CC. The molecule has 1 fully saturated rings. The molecular formula is C30H39F2N5O3. The van der Waals surface area contributed by atoms with Gasteiger partial charge in [-0.05, 0) is 56.7 Å². The minimum atomic E-state index is -0.613. The number of nitrogens with one attached hydrogen (secondary N) is 3. The van der Waals surface area contributed by atoms with Gasteiger partial charge in [-0.25, -0.2) is 13.8 Å². The lowest BCUT2D eigenvalue weighted by atomic mass is 9.88. The van der Waals surface area contributed by atoms with Crippen LogP contribution in [0.1, 0.15) is 63.1 Å². The molecule has 0 bridgehead atoms. The van der Waals surface area contributed by atoms with Gasteiger partial charge in [-0.2, -0.15) is 5.26 Å². The van der Waals surface area contributed by atoms with Crippen LogP contribution in [0, 0.1) is 23.0 Å². The smallest absolute Gasteiger partial charge is 0.218 e. The summed E-state index contributed by atoms with van der Waals surface area (Å²) in [6.45, 7) is 16.5. The number of benzene rings is 1. The standard InChI is InChI=1S/C26H29F2N5O.C2H6.2CH2O/c1-5-10-30-17(3)16(2)22-8-6-19(14-31-22)24-21(27)7-9-23(25(24)28)32-15-20-11-18(12-29)13-33-26(20)34-4;3*1-2/h5,7,9-11,13,19,30-32H,3,6,8,14-15H2,1-2,4H3;1-2H3;2*1H2/b10-5-,22-16+;;;. The fourth-order valence-electron chi connectivity index (χ4n) is 3.94. The fraction of sp³-hybridized carbons (Fsp3) is 0.333. The van der Waals surface area contributed by atoms with Crippen molar-refractivity contribution in [2.75, 3.05) is 19.0 Å². The average Bonchev–Trinajstić information content (AvgIpc) is 3.02. The van der Waals surface area contributed by atoms with Crippen LogP contribution >= 0.6 is 0 Å². The van der Waals surface area contributed by atoms with Gasteiger partial charge in [0.1, 0.15) is 25.5 Å². The monoisotopic (exact) mass is 555 g/mol. The number of halogens is 2. The van der Waals surface area contributed by atoms with Crippen LogP contribution in [0.2, 0.25) is 0 Å². The van der Waals surface area contributed by atoms with Crippen molar-refractivity contribution in [3.63, 3.8) is 0 Å². The lowest BCUT2D eigenvalue weighted by molar-refractivity contribution is -0.0987. The number of hydrogen-bond acceptors (Lipinski definition) is 8. The molecule has 1 aromatic carbocycles. The van der Waals surface area contributed by atoms with Crippen molar-refractivity contribution in [1.29, 1.82) is 5.26 Å². The Kier molecular flexibility index (Phi) is 17.3. The van der Waals surface area contributed by atoms with Crippen LogP contribution < -0.4 is 20.7 Å². The van der Waals surface area contributed by atoms with Gasteiger partial charge in [0.15, 0.2) is 5.82 Å². The molecule has 3 N–H and O–H groups in total. The molecule has 1 atom stereocenters. The summed E-state index contributed by atoms with van der Waals surface area (Å²) >= 11 is 0. The molecule has 2 heterocycles. The molecule has 0 aliphatic carbocycles. The highest BCUT2D eigenvalue weighted by atomic mass is 19.1. The number of allylic oxidation sites excluding steroid dienone is 3. The Balaban J connectivity index is 0.00000237. The van der Waals surface area contributed by atoms with Crippen LogP contribution in [0.3, 0.4) is 0 Å². The third-order valence-electron chi connectivity index (χ3n) is 5.89. The van der Waals surface area contributed by atoms with E-state index >= 15 is 4.39 Å². The van der Waals surface area contributed by atoms with Crippen molar-refractivity contribution in [2.24, 2.45) is 0 Å². The number of hydrogen-bond donors (Lipinski definition) is 3. The first kappa shape index (κ1) is 35.5. The van der Waals surface area contributed by atoms with Gasteiger partial charge in [0.25, 0.3) is 0 Å². The van der Waals surface area contributed by atoms with Crippen LogP contribution in [0.15, 0.2) is 60.2 Å². The molecule has 1 aliphatic heterocycles. The number of carbonyl (C=O) groups excluding carboxylic acids is 2. The summed E-state index contributed by atoms with van der Waals surface area (Å²) in [5, 5.41) is 18.5. The van der Waals surface area contributed by atoms with Crippen molar-refractivity contribution < 1.29 is 23.1 Å². The summed E-state index contributed by atoms with van der Waals surface area (Å²) in [5.74, 6) is -1.15. The molecule has 0 spiro atoms. The molecule has 216 valence electrons. The first-order valence-corrected chi connectivity index (χ1v) is 12.6. The van der Waals surface area contributed by atoms with Crippen molar-refractivity contribution in [2.45, 2.75) is 53.0 Å². The summed E-state index contributed by atoms with van der Waals surface area (Å²) in [6.07, 6.45) is 6.37. The van der Waals surface area contributed by atoms with E-state index in [4.69, 9.17) is 19.6 Å². The predicted molar refractivity (Wildman–Crippen MR) is 155 cm³/mol. The van der Waals surface area contributed by atoms with Crippen LogP contribution in [-0.2, 0) is 16.1 Å². The highest BCUT2D eigenvalue weighted by Gasteiger charge is 2.26. The average molecular weight is 556 g/mol. The zero-order valence-corrected chi connectivity index (χ0v) is 23.9. The third kappa shape index (κ3) is 9.66. The molecule has 0 saturated carbocycles. The number of piperidine rings is 1. The first-order valence-electron chi connectivity index (χ1n) is 12.6. The number of carbonyl (C=O) groups is 2. The summed E-state index contributed by atoms with van der Waals surface area (Å²) in [4.78, 5) is 20.1. The maximum absolute atomic E-state index is 15.4. The third-order valence-corrected chi connectivity index (χ3v) is 5.89. The van der Waals surface area contributed by atoms with Gasteiger partial charge in [0.2, 0.25) is 5.88 Å². The lowest BCUT2D eigenvalue weighted by Gasteiger charge is -2.29. The summed E-state index contributed by atoms with van der Waals surface area (Å²) in [6, 6.07) is 6.31. The molecule has 1 unspecified atom stereocenters. The largest absolute Gasteiger partial charge is 0.481 e. The van der Waals surface area contributed by atoms with Gasteiger partial charge >= 0.3 is 0 Å². The number of nitrogens with zero attached hydrogens (tertiary/aromatic N) is 2. The Morgan fingerprint density at radius 1 is 1.27 bits per heavy atom. The fourth-order valence-corrected chi connectivity index (χ4v) is 3.94. The molecule has 40 heavy (non-hydrogen) atoms. The van der Waals surface area contributed by atoms with Gasteiger partial charge in [0, 0.05) is 47.7 Å². The second-order valence-corrected chi connectivity index (χ2v) is 8.02. The van der Waals surface area contributed by atoms with Gasteiger partial charge in [0.05, 0.1) is 18.4 Å². The minimum absolute atomic E-state index is 0.0657. The van der Waals surface area contributed by atoms with E-state index < -0.39 is 11.6 Å². The lowest BCUT2D eigenvalue weighted by Crippen LogP contribution is -2.29. The Hall–Kier alpha value is -4.52. The van der Waals surface area contributed by atoms with Gasteiger partial charge in [-0.15, -0.1) is 0 Å². The highest BCUT2D eigenvalue weighted by molar-refractivity contribution is 5.51. The molecule has 1 saturated heterocycles. The van der Waals surface area contributed by atoms with E-state index in [9.17, 15) is 4.39 Å². The normalized spacial score (nSPS) is 14.8. The molecule has 2 aromatic rings. The second-order valence-electron chi connectivity index (χ2n) is 8.02. The first-order chi connectivity index (χ1) is 19.4. The molecule has 1 aromatic heterocycles. The summed E-state index contributed by atoms with van der Waals surface area (Å²) in [5.41, 5.74) is 4.02. The number of nitriles is 1. The van der Waals surface area contributed by atoms with Crippen molar-refractivity contribution >= 4 is 19.3 Å². The molecule has 3 rings (SSSR count). The number of methoxy groups -OCH3 is 1. The maximum atomic E-state index is 15.4. The Morgan fingerprint density at radius 3 is 2.50 bits per heavy atom. The van der Waals surface area contributed by atoms with Crippen molar-refractivity contribution in [3.05, 3.63) is 88.5 Å². The number of anilines is 1. The van der Waals surface area contributed by atoms with E-state index in [1.807, 2.05) is 59.6 Å². The number of pyridine rings is 1. The maximum Gasteiger partial charge on any atom is 0.218 e. The van der Waals surface area contributed by atoms with Crippen LogP contribution in [0.5, 0.6) is 5.88 Å². The number of ether oxygens (including phenoxy) is 1. The van der Waals surface area contributed by atoms with E-state index in [-0.39, 0.29) is 23.7 Å². The zero-order valence-electron chi connectivity index (χ0n) is 23.9. The molecular weight excluding hydrogens is 516 g/mol. The van der Waals surface area contributed by atoms with E-state index in [1.54, 1.807) is 6.07 Å². The van der Waals surface area contributed by atoms with Crippen molar-refractivity contribution in [1.82, 2.24) is 15.6 Å². The van der Waals surface area contributed by atoms with Crippen LogP contribution in [-0.4, -0.2) is 32.2 Å². The molecule has 8 nitrogen and oxygen atoms in total. The zero-order chi connectivity index (χ0) is 30.7. The summed E-state index contributed by atoms with van der Waals surface area (Å²) < 4.78 is 35.3. The molecule has 10 heteroatoms. The number of aromatic nitrogens is 1. The predicted octanol–water partition coefficient (Wildman–Crippen LogP) is 5.89. The van der Waals surface area contributed by atoms with E-state index in [2.05, 4.69) is 27.5 Å². The van der Waals surface area contributed by atoms with Gasteiger partial charge in [-0.3, -0.25) is 0 Å². The molecule has 0 radical (unpaired) electrons. The van der Waals surface area contributed by atoms with Crippen molar-refractivity contribution in [3.8, 4) is 11.9 Å². The number of rotatable bonds is 8. The van der Waals surface area contributed by atoms with E-state index in [0.29, 0.717) is 36.4 Å². The van der Waals surface area contributed by atoms with Crippen LogP contribution in [0.25, 0.3) is 0 Å². The topological polar surface area (TPSA) is 116 Å². The van der Waals surface area contributed by atoms with Gasteiger partial charge in [-0.1, -0.05) is 26.5 Å². The van der Waals surface area contributed by atoms with E-state index in [0.717, 1.165) is 17.0 Å². The van der Waals surface area contributed by atoms with Crippen LogP contribution in [0.4, 0.5) is 14.5 Å². The Morgan fingerprint density at radius 2 is 1.95 bits per heavy atom. The Labute approximate surface area is 235 Å². The summed E-state index contributed by atoms with van der Waals surface area (Å²) in [7, 11) is 1.47. The van der Waals surface area contributed by atoms with E-state index in [1.165, 1.54) is 25.4 Å². The van der Waals surface area contributed by atoms with Gasteiger partial charge < -0.3 is 30.3 Å². The second kappa shape index (κ2) is 19.5.